The van der Waals surface area contributed by atoms with Gasteiger partial charge in [-0.15, -0.1) is 0 Å². The summed E-state index contributed by atoms with van der Waals surface area (Å²) in [4.78, 5) is 36.8. The predicted octanol–water partition coefficient (Wildman–Crippen LogP) is 2.40. The van der Waals surface area contributed by atoms with Crippen LogP contribution in [0.2, 0.25) is 0 Å². The fourth-order valence-electron chi connectivity index (χ4n) is 5.91. The van der Waals surface area contributed by atoms with Crippen LogP contribution in [0.4, 0.5) is 0 Å². The highest BCUT2D eigenvalue weighted by atomic mass is 16.6. The minimum atomic E-state index is -0.441. The van der Waals surface area contributed by atoms with E-state index in [0.29, 0.717) is 19.3 Å². The summed E-state index contributed by atoms with van der Waals surface area (Å²) in [5, 5.41) is 0. The van der Waals surface area contributed by atoms with Crippen LogP contribution in [-0.2, 0) is 28.6 Å². The zero-order valence-corrected chi connectivity index (χ0v) is 15.0. The highest BCUT2D eigenvalue weighted by Gasteiger charge is 2.60. The summed E-state index contributed by atoms with van der Waals surface area (Å²) in [5.41, 5.74) is 0.853. The molecule has 2 saturated carbocycles. The minimum absolute atomic E-state index is 0.0858. The zero-order valence-electron chi connectivity index (χ0n) is 15.0. The lowest BCUT2D eigenvalue weighted by Gasteiger charge is -2.51. The maximum atomic E-state index is 12.8. The molecular weight excluding hydrogens is 352 g/mol. The lowest BCUT2D eigenvalue weighted by molar-refractivity contribution is -0.189. The van der Waals surface area contributed by atoms with E-state index in [1.54, 1.807) is 12.5 Å². The molecule has 0 amide bonds. The number of ether oxygens (including phenoxy) is 3. The molecule has 0 unspecified atom stereocenters. The molecule has 0 aromatic carbocycles. The number of hydrogen-bond donors (Lipinski definition) is 0. The Balaban J connectivity index is 1.48. The number of fused-ring (bicyclic) bond motifs is 6. The predicted molar refractivity (Wildman–Crippen MR) is 88.9 cm³/mol. The van der Waals surface area contributed by atoms with Crippen molar-refractivity contribution >= 4 is 17.9 Å². The third kappa shape index (κ3) is 2.66. The molecule has 5 rings (SSSR count). The molecule has 4 fully saturated rings. The first kappa shape index (κ1) is 16.8. The Kier molecular flexibility index (Phi) is 3.81. The standard InChI is InChI=1S/C20H22O7/c1-9(21)25-17-7-14-12(6-16(27-19(14)22)10-2-3-24-8-10)13-4-11-5-15(18(13)17)20(23)26-11/h2-3,8,11-18H,4-7H2,1H3/t11-,12+,13+,14-,15-,16+,17+,18+/m0/s1. The molecule has 4 aliphatic rings. The third-order valence-electron chi connectivity index (χ3n) is 6.86. The van der Waals surface area contributed by atoms with Crippen molar-refractivity contribution in [3.8, 4) is 0 Å². The Bertz CT molecular complexity index is 769. The van der Waals surface area contributed by atoms with Crippen molar-refractivity contribution in [1.82, 2.24) is 0 Å². The van der Waals surface area contributed by atoms with E-state index in [0.717, 1.165) is 12.0 Å². The Morgan fingerprint density at radius 1 is 1.04 bits per heavy atom. The van der Waals surface area contributed by atoms with Crippen molar-refractivity contribution in [3.05, 3.63) is 24.2 Å². The van der Waals surface area contributed by atoms with Crippen molar-refractivity contribution in [1.29, 1.82) is 0 Å². The Labute approximate surface area is 156 Å². The van der Waals surface area contributed by atoms with E-state index in [9.17, 15) is 14.4 Å². The number of carbonyl (C=O) groups excluding carboxylic acids is 3. The first-order chi connectivity index (χ1) is 13.0. The molecule has 1 aromatic rings. The SMILES string of the molecule is CC(=O)O[C@@H]1C[C@@H]2C(=O)O[C@@H](c3ccoc3)C[C@@H]2[C@H]2C[C@H]3C[C@H](C(=O)O3)[C@@H]21. The second kappa shape index (κ2) is 6.11. The summed E-state index contributed by atoms with van der Waals surface area (Å²) in [6, 6.07) is 1.82. The van der Waals surface area contributed by atoms with Crippen LogP contribution in [0.1, 0.15) is 44.3 Å². The van der Waals surface area contributed by atoms with E-state index in [1.165, 1.54) is 6.92 Å². The van der Waals surface area contributed by atoms with Gasteiger partial charge < -0.3 is 18.6 Å². The van der Waals surface area contributed by atoms with Gasteiger partial charge in [0, 0.05) is 18.4 Å². The van der Waals surface area contributed by atoms with Gasteiger partial charge in [-0.05, 0) is 43.6 Å². The van der Waals surface area contributed by atoms with Gasteiger partial charge in [0.15, 0.2) is 0 Å². The molecule has 2 bridgehead atoms. The van der Waals surface area contributed by atoms with Crippen LogP contribution in [0.5, 0.6) is 0 Å². The van der Waals surface area contributed by atoms with Crippen LogP contribution in [0.15, 0.2) is 23.0 Å². The second-order valence-corrected chi connectivity index (χ2v) is 8.25. The largest absolute Gasteiger partial charge is 0.472 e. The van der Waals surface area contributed by atoms with E-state index in [4.69, 9.17) is 18.6 Å². The van der Waals surface area contributed by atoms with Crippen LogP contribution >= 0.6 is 0 Å². The number of furan rings is 1. The quantitative estimate of drug-likeness (QED) is 0.580. The number of carbonyl (C=O) groups is 3. The summed E-state index contributed by atoms with van der Waals surface area (Å²) in [5.74, 6) is -1.28. The second-order valence-electron chi connectivity index (χ2n) is 8.25. The highest BCUT2D eigenvalue weighted by Crippen LogP contribution is 2.57. The van der Waals surface area contributed by atoms with Crippen molar-refractivity contribution in [2.45, 2.75) is 50.9 Å². The van der Waals surface area contributed by atoms with Gasteiger partial charge in [0.2, 0.25) is 0 Å². The molecule has 2 aliphatic heterocycles. The van der Waals surface area contributed by atoms with Crippen LogP contribution in [0, 0.1) is 29.6 Å². The Morgan fingerprint density at radius 3 is 2.59 bits per heavy atom. The van der Waals surface area contributed by atoms with Crippen LogP contribution in [-0.4, -0.2) is 30.1 Å². The summed E-state index contributed by atoms with van der Waals surface area (Å²) < 4.78 is 21.9. The number of cyclic esters (lactones) is 1. The van der Waals surface area contributed by atoms with Crippen LogP contribution < -0.4 is 0 Å². The molecule has 2 saturated heterocycles. The van der Waals surface area contributed by atoms with E-state index in [1.807, 2.05) is 6.07 Å². The molecule has 7 nitrogen and oxygen atoms in total. The fraction of sp³-hybridized carbons (Fsp3) is 0.650. The molecule has 8 atom stereocenters. The van der Waals surface area contributed by atoms with E-state index in [2.05, 4.69) is 0 Å². The first-order valence-electron chi connectivity index (χ1n) is 9.61. The number of rotatable bonds is 2. The fourth-order valence-corrected chi connectivity index (χ4v) is 5.91. The van der Waals surface area contributed by atoms with Gasteiger partial charge in [-0.1, -0.05) is 0 Å². The minimum Gasteiger partial charge on any atom is -0.472 e. The molecule has 27 heavy (non-hydrogen) atoms. The van der Waals surface area contributed by atoms with E-state index < -0.39 is 6.10 Å². The monoisotopic (exact) mass is 374 g/mol. The Hall–Kier alpha value is -2.31. The van der Waals surface area contributed by atoms with Gasteiger partial charge in [-0.25, -0.2) is 0 Å². The third-order valence-corrected chi connectivity index (χ3v) is 6.86. The smallest absolute Gasteiger partial charge is 0.309 e. The van der Waals surface area contributed by atoms with Gasteiger partial charge in [0.05, 0.1) is 24.4 Å². The molecule has 144 valence electrons. The summed E-state index contributed by atoms with van der Waals surface area (Å²) in [6.07, 6.45) is 4.82. The Morgan fingerprint density at radius 2 is 1.85 bits per heavy atom. The van der Waals surface area contributed by atoms with E-state index >= 15 is 0 Å². The topological polar surface area (TPSA) is 92.0 Å². The lowest BCUT2D eigenvalue weighted by Crippen LogP contribution is -2.54. The molecule has 7 heteroatoms. The van der Waals surface area contributed by atoms with Gasteiger partial charge in [-0.3, -0.25) is 14.4 Å². The molecule has 2 aliphatic carbocycles. The summed E-state index contributed by atoms with van der Waals surface area (Å²) in [7, 11) is 0. The summed E-state index contributed by atoms with van der Waals surface area (Å²) in [6.45, 7) is 1.37. The van der Waals surface area contributed by atoms with Gasteiger partial charge in [0.25, 0.3) is 0 Å². The highest BCUT2D eigenvalue weighted by molar-refractivity contribution is 5.77. The van der Waals surface area contributed by atoms with Crippen molar-refractivity contribution in [2.24, 2.45) is 29.6 Å². The average molecular weight is 374 g/mol. The van der Waals surface area contributed by atoms with Gasteiger partial charge >= 0.3 is 17.9 Å². The van der Waals surface area contributed by atoms with Gasteiger partial charge in [0.1, 0.15) is 18.3 Å². The maximum absolute atomic E-state index is 12.8. The zero-order chi connectivity index (χ0) is 18.7. The number of hydrogen-bond acceptors (Lipinski definition) is 7. The molecule has 3 heterocycles. The normalized spacial score (nSPS) is 42.6. The van der Waals surface area contributed by atoms with Crippen LogP contribution in [0.3, 0.4) is 0 Å². The lowest BCUT2D eigenvalue weighted by atomic mass is 9.55. The van der Waals surface area contributed by atoms with E-state index in [-0.39, 0.29) is 59.7 Å². The van der Waals surface area contributed by atoms with Crippen molar-refractivity contribution in [3.63, 3.8) is 0 Å². The first-order valence-corrected chi connectivity index (χ1v) is 9.61. The van der Waals surface area contributed by atoms with Crippen molar-refractivity contribution < 1.29 is 33.0 Å². The number of esters is 3. The molecule has 1 aromatic heterocycles. The average Bonchev–Trinajstić information content (AvgIpc) is 3.24. The summed E-state index contributed by atoms with van der Waals surface area (Å²) >= 11 is 0. The maximum Gasteiger partial charge on any atom is 0.309 e. The van der Waals surface area contributed by atoms with Crippen molar-refractivity contribution in [2.75, 3.05) is 0 Å². The molecular formula is C20H22O7. The van der Waals surface area contributed by atoms with Crippen LogP contribution in [0.25, 0.3) is 0 Å². The molecule has 0 spiro atoms. The molecule has 0 N–H and O–H groups in total. The molecule has 0 radical (unpaired) electrons. The van der Waals surface area contributed by atoms with Gasteiger partial charge in [-0.2, -0.15) is 0 Å².